The zero-order chi connectivity index (χ0) is 15.6. The van der Waals surface area contributed by atoms with Crippen LogP contribution >= 0.6 is 11.8 Å². The van der Waals surface area contributed by atoms with E-state index >= 15 is 0 Å². The molecule has 0 bridgehead atoms. The van der Waals surface area contributed by atoms with Gasteiger partial charge in [-0.15, -0.1) is 11.8 Å². The lowest BCUT2D eigenvalue weighted by atomic mass is 10.3. The zero-order valence-electron chi connectivity index (χ0n) is 12.2. The zero-order valence-corrected chi connectivity index (χ0v) is 13.0. The van der Waals surface area contributed by atoms with Crippen molar-refractivity contribution >= 4 is 17.8 Å². The van der Waals surface area contributed by atoms with Crippen LogP contribution in [0.15, 0.2) is 58.0 Å². The predicted molar refractivity (Wildman–Crippen MR) is 86.9 cm³/mol. The maximum Gasteiger partial charge on any atom is 0.314 e. The molecule has 0 spiro atoms. The second kappa shape index (κ2) is 9.17. The molecule has 0 aliphatic rings. The predicted octanol–water partition coefficient (Wildman–Crippen LogP) is 2.79. The molecule has 1 aromatic carbocycles. The number of hydrogen-bond donors (Lipinski definition) is 3. The molecular formula is C16H20N2O3S. The van der Waals surface area contributed by atoms with Crippen molar-refractivity contribution in [2.24, 2.45) is 0 Å². The van der Waals surface area contributed by atoms with E-state index in [-0.39, 0.29) is 12.6 Å². The minimum atomic E-state index is -0.825. The highest BCUT2D eigenvalue weighted by Gasteiger charge is 2.11. The van der Waals surface area contributed by atoms with Crippen LogP contribution in [0.25, 0.3) is 0 Å². The molecule has 0 saturated carbocycles. The fraction of sp³-hybridized carbons (Fsp3) is 0.312. The fourth-order valence-corrected chi connectivity index (χ4v) is 2.69. The number of aliphatic hydroxyl groups is 1. The van der Waals surface area contributed by atoms with Crippen LogP contribution < -0.4 is 10.6 Å². The smallest absolute Gasteiger partial charge is 0.314 e. The standard InChI is InChI=1S/C16H20N2O3S/c19-14(15-8-4-10-21-15)12-18-16(20)17-9-5-11-22-13-6-2-1-3-7-13/h1-4,6-8,10,14,19H,5,9,11-12H2,(H2,17,18,20). The second-order valence-electron chi connectivity index (χ2n) is 4.68. The fourth-order valence-electron chi connectivity index (χ4n) is 1.81. The average molecular weight is 320 g/mol. The highest BCUT2D eigenvalue weighted by Crippen LogP contribution is 2.17. The Bertz CT molecular complexity index is 546. The van der Waals surface area contributed by atoms with Gasteiger partial charge in [-0.05, 0) is 36.4 Å². The number of rotatable bonds is 8. The maximum absolute atomic E-state index is 11.6. The molecule has 1 atom stereocenters. The Morgan fingerprint density at radius 3 is 2.73 bits per heavy atom. The summed E-state index contributed by atoms with van der Waals surface area (Å²) < 4.78 is 5.06. The van der Waals surface area contributed by atoms with Gasteiger partial charge in [0.25, 0.3) is 0 Å². The van der Waals surface area contributed by atoms with E-state index in [0.717, 1.165) is 12.2 Å². The molecule has 2 amide bonds. The first kappa shape index (κ1) is 16.5. The summed E-state index contributed by atoms with van der Waals surface area (Å²) in [4.78, 5) is 12.8. The van der Waals surface area contributed by atoms with Crippen LogP contribution in [0.5, 0.6) is 0 Å². The van der Waals surface area contributed by atoms with Gasteiger partial charge in [-0.2, -0.15) is 0 Å². The summed E-state index contributed by atoms with van der Waals surface area (Å²) in [6.45, 7) is 0.723. The molecule has 0 saturated heterocycles. The first-order chi connectivity index (χ1) is 10.8. The lowest BCUT2D eigenvalue weighted by molar-refractivity contribution is 0.148. The van der Waals surface area contributed by atoms with Crippen LogP contribution in [0.4, 0.5) is 4.79 Å². The summed E-state index contributed by atoms with van der Waals surface area (Å²) in [5.41, 5.74) is 0. The van der Waals surface area contributed by atoms with Crippen molar-refractivity contribution in [1.82, 2.24) is 10.6 Å². The summed E-state index contributed by atoms with van der Waals surface area (Å²) in [5, 5.41) is 15.1. The van der Waals surface area contributed by atoms with Crippen LogP contribution in [0.1, 0.15) is 18.3 Å². The molecule has 0 aliphatic carbocycles. The van der Waals surface area contributed by atoms with E-state index in [1.54, 1.807) is 23.9 Å². The van der Waals surface area contributed by atoms with Gasteiger partial charge in [-0.1, -0.05) is 18.2 Å². The Labute approximate surface area is 134 Å². The molecule has 0 radical (unpaired) electrons. The number of nitrogens with one attached hydrogen (secondary N) is 2. The quantitative estimate of drug-likeness (QED) is 0.516. The summed E-state index contributed by atoms with van der Waals surface area (Å²) >= 11 is 1.76. The van der Waals surface area contributed by atoms with E-state index < -0.39 is 6.10 Å². The Hall–Kier alpha value is -1.92. The summed E-state index contributed by atoms with van der Waals surface area (Å²) in [6.07, 6.45) is 1.55. The number of thioether (sulfide) groups is 1. The molecule has 6 heteroatoms. The van der Waals surface area contributed by atoms with Crippen LogP contribution in [0.2, 0.25) is 0 Å². The average Bonchev–Trinajstić information content (AvgIpc) is 3.08. The van der Waals surface area contributed by atoms with Crippen LogP contribution in [0, 0.1) is 0 Å². The Morgan fingerprint density at radius 2 is 2.00 bits per heavy atom. The van der Waals surface area contributed by atoms with E-state index in [1.807, 2.05) is 18.2 Å². The highest BCUT2D eigenvalue weighted by molar-refractivity contribution is 7.99. The molecule has 22 heavy (non-hydrogen) atoms. The second-order valence-corrected chi connectivity index (χ2v) is 5.85. The maximum atomic E-state index is 11.6. The van der Waals surface area contributed by atoms with E-state index in [4.69, 9.17) is 4.42 Å². The monoisotopic (exact) mass is 320 g/mol. The molecule has 1 heterocycles. The van der Waals surface area contributed by atoms with Gasteiger partial charge in [0, 0.05) is 11.4 Å². The van der Waals surface area contributed by atoms with Gasteiger partial charge < -0.3 is 20.2 Å². The number of benzene rings is 1. The van der Waals surface area contributed by atoms with Gasteiger partial charge in [0.1, 0.15) is 11.9 Å². The molecule has 0 fully saturated rings. The minimum Gasteiger partial charge on any atom is -0.467 e. The molecule has 1 aromatic heterocycles. The van der Waals surface area contributed by atoms with Crippen LogP contribution in [0.3, 0.4) is 0 Å². The number of aliphatic hydroxyl groups excluding tert-OH is 1. The molecule has 2 aromatic rings. The van der Waals surface area contributed by atoms with Gasteiger partial charge in [0.2, 0.25) is 0 Å². The minimum absolute atomic E-state index is 0.123. The van der Waals surface area contributed by atoms with Crippen molar-refractivity contribution in [3.63, 3.8) is 0 Å². The van der Waals surface area contributed by atoms with Crippen molar-refractivity contribution < 1.29 is 14.3 Å². The summed E-state index contributed by atoms with van der Waals surface area (Å²) in [5.74, 6) is 1.39. The van der Waals surface area contributed by atoms with Gasteiger partial charge >= 0.3 is 6.03 Å². The van der Waals surface area contributed by atoms with Crippen molar-refractivity contribution in [3.8, 4) is 0 Å². The number of carbonyl (C=O) groups excluding carboxylic acids is 1. The molecule has 0 aliphatic heterocycles. The van der Waals surface area contributed by atoms with Crippen molar-refractivity contribution in [2.75, 3.05) is 18.8 Å². The van der Waals surface area contributed by atoms with E-state index in [0.29, 0.717) is 12.3 Å². The van der Waals surface area contributed by atoms with E-state index in [2.05, 4.69) is 22.8 Å². The third-order valence-electron chi connectivity index (χ3n) is 2.95. The molecule has 2 rings (SSSR count). The summed E-state index contributed by atoms with van der Waals surface area (Å²) in [6, 6.07) is 13.2. The topological polar surface area (TPSA) is 74.5 Å². The first-order valence-corrected chi connectivity index (χ1v) is 8.15. The number of urea groups is 1. The molecule has 3 N–H and O–H groups in total. The van der Waals surface area contributed by atoms with Crippen molar-refractivity contribution in [3.05, 3.63) is 54.5 Å². The Balaban J connectivity index is 1.52. The van der Waals surface area contributed by atoms with Gasteiger partial charge in [-0.25, -0.2) is 4.79 Å². The van der Waals surface area contributed by atoms with Gasteiger partial charge in [-0.3, -0.25) is 0 Å². The molecule has 5 nitrogen and oxygen atoms in total. The molecular weight excluding hydrogens is 300 g/mol. The number of amides is 2. The van der Waals surface area contributed by atoms with Crippen molar-refractivity contribution in [1.29, 1.82) is 0 Å². The first-order valence-electron chi connectivity index (χ1n) is 7.17. The normalized spacial score (nSPS) is 11.9. The van der Waals surface area contributed by atoms with E-state index in [1.165, 1.54) is 11.2 Å². The summed E-state index contributed by atoms with van der Waals surface area (Å²) in [7, 11) is 0. The largest absolute Gasteiger partial charge is 0.467 e. The lowest BCUT2D eigenvalue weighted by Gasteiger charge is -2.10. The third kappa shape index (κ3) is 5.83. The molecule has 118 valence electrons. The highest BCUT2D eigenvalue weighted by atomic mass is 32.2. The molecule has 1 unspecified atom stereocenters. The SMILES string of the molecule is O=C(NCCCSc1ccccc1)NCC(O)c1ccco1. The van der Waals surface area contributed by atoms with Crippen LogP contribution in [-0.4, -0.2) is 30.0 Å². The third-order valence-corrected chi connectivity index (χ3v) is 4.04. The Kier molecular flexibility index (Phi) is 6.86. The van der Waals surface area contributed by atoms with Crippen LogP contribution in [-0.2, 0) is 0 Å². The van der Waals surface area contributed by atoms with Gasteiger partial charge in [0.15, 0.2) is 0 Å². The lowest BCUT2D eigenvalue weighted by Crippen LogP contribution is -2.38. The number of hydrogen-bond acceptors (Lipinski definition) is 4. The Morgan fingerprint density at radius 1 is 1.18 bits per heavy atom. The number of carbonyl (C=O) groups is 1. The number of furan rings is 1. The van der Waals surface area contributed by atoms with Gasteiger partial charge in [0.05, 0.1) is 12.8 Å². The van der Waals surface area contributed by atoms with E-state index in [9.17, 15) is 9.90 Å². The van der Waals surface area contributed by atoms with Crippen molar-refractivity contribution in [2.45, 2.75) is 17.4 Å².